The Morgan fingerprint density at radius 1 is 1.50 bits per heavy atom. The second-order valence-corrected chi connectivity index (χ2v) is 3.87. The molecule has 1 unspecified atom stereocenters. The molecule has 0 aromatic heterocycles. The molecule has 4 nitrogen and oxygen atoms in total. The summed E-state index contributed by atoms with van der Waals surface area (Å²) in [7, 11) is 0. The summed E-state index contributed by atoms with van der Waals surface area (Å²) in [5.41, 5.74) is 6.91. The standard InChI is InChI=1S/C12H14N2O2/c1-2-14-10(11(13)15)7-8-5-3-4-6-9(8)12(14)16/h3-6,10H,2,7H2,1H3,(H2,13,15). The lowest BCUT2D eigenvalue weighted by atomic mass is 9.93. The Labute approximate surface area is 94.0 Å². The molecule has 0 fully saturated rings. The van der Waals surface area contributed by atoms with E-state index in [2.05, 4.69) is 0 Å². The second-order valence-electron chi connectivity index (χ2n) is 3.87. The number of likely N-dealkylation sites (N-methyl/N-ethyl adjacent to an activating group) is 1. The van der Waals surface area contributed by atoms with E-state index in [-0.39, 0.29) is 5.91 Å². The van der Waals surface area contributed by atoms with Crippen molar-refractivity contribution in [1.29, 1.82) is 0 Å². The lowest BCUT2D eigenvalue weighted by Crippen LogP contribution is -2.52. The minimum Gasteiger partial charge on any atom is -0.368 e. The molecular formula is C12H14N2O2. The quantitative estimate of drug-likeness (QED) is 0.788. The number of amides is 2. The first kappa shape index (κ1) is 10.7. The topological polar surface area (TPSA) is 63.4 Å². The van der Waals surface area contributed by atoms with Crippen LogP contribution in [0.2, 0.25) is 0 Å². The van der Waals surface area contributed by atoms with Gasteiger partial charge in [-0.2, -0.15) is 0 Å². The Kier molecular flexibility index (Phi) is 2.64. The van der Waals surface area contributed by atoms with E-state index < -0.39 is 11.9 Å². The molecule has 0 aliphatic carbocycles. The third-order valence-electron chi connectivity index (χ3n) is 2.97. The van der Waals surface area contributed by atoms with Gasteiger partial charge in [-0.3, -0.25) is 9.59 Å². The number of benzene rings is 1. The van der Waals surface area contributed by atoms with E-state index in [1.807, 2.05) is 25.1 Å². The summed E-state index contributed by atoms with van der Waals surface area (Å²) in [5.74, 6) is -0.544. The van der Waals surface area contributed by atoms with Crippen molar-refractivity contribution in [2.45, 2.75) is 19.4 Å². The van der Waals surface area contributed by atoms with Crippen LogP contribution in [0.25, 0.3) is 0 Å². The van der Waals surface area contributed by atoms with Crippen LogP contribution in [0.15, 0.2) is 24.3 Å². The third-order valence-corrected chi connectivity index (χ3v) is 2.97. The van der Waals surface area contributed by atoms with E-state index in [4.69, 9.17) is 5.73 Å². The van der Waals surface area contributed by atoms with Crippen molar-refractivity contribution in [1.82, 2.24) is 4.90 Å². The van der Waals surface area contributed by atoms with Gasteiger partial charge in [-0.15, -0.1) is 0 Å². The molecule has 1 aromatic rings. The molecule has 1 atom stereocenters. The molecule has 0 bridgehead atoms. The van der Waals surface area contributed by atoms with Gasteiger partial charge in [0.05, 0.1) is 0 Å². The van der Waals surface area contributed by atoms with Crippen LogP contribution in [0.1, 0.15) is 22.8 Å². The van der Waals surface area contributed by atoms with Crippen LogP contribution in [0.3, 0.4) is 0 Å². The molecule has 1 aromatic carbocycles. The maximum atomic E-state index is 12.1. The van der Waals surface area contributed by atoms with Crippen LogP contribution >= 0.6 is 0 Å². The van der Waals surface area contributed by atoms with Gasteiger partial charge in [0.2, 0.25) is 5.91 Å². The second kappa shape index (κ2) is 3.96. The highest BCUT2D eigenvalue weighted by atomic mass is 16.2. The van der Waals surface area contributed by atoms with Crippen molar-refractivity contribution in [3.8, 4) is 0 Å². The number of primary amides is 1. The average molecular weight is 218 g/mol. The van der Waals surface area contributed by atoms with Crippen LogP contribution in [0.4, 0.5) is 0 Å². The molecule has 2 N–H and O–H groups in total. The Bertz CT molecular complexity index is 442. The van der Waals surface area contributed by atoms with E-state index in [1.54, 1.807) is 6.07 Å². The molecule has 84 valence electrons. The molecule has 0 spiro atoms. The number of hydrogen-bond donors (Lipinski definition) is 1. The predicted molar refractivity (Wildman–Crippen MR) is 59.8 cm³/mol. The van der Waals surface area contributed by atoms with E-state index >= 15 is 0 Å². The summed E-state index contributed by atoms with van der Waals surface area (Å²) in [6.45, 7) is 2.35. The van der Waals surface area contributed by atoms with Crippen LogP contribution in [-0.4, -0.2) is 29.3 Å². The highest BCUT2D eigenvalue weighted by Crippen LogP contribution is 2.22. The minimum atomic E-state index is -0.507. The summed E-state index contributed by atoms with van der Waals surface area (Å²) >= 11 is 0. The van der Waals surface area contributed by atoms with Gasteiger partial charge >= 0.3 is 0 Å². The zero-order valence-electron chi connectivity index (χ0n) is 9.14. The fourth-order valence-corrected chi connectivity index (χ4v) is 2.14. The Morgan fingerprint density at radius 3 is 2.81 bits per heavy atom. The third kappa shape index (κ3) is 1.56. The maximum absolute atomic E-state index is 12.1. The van der Waals surface area contributed by atoms with Crippen molar-refractivity contribution in [2.75, 3.05) is 6.54 Å². The van der Waals surface area contributed by atoms with Crippen LogP contribution in [-0.2, 0) is 11.2 Å². The molecule has 2 amide bonds. The van der Waals surface area contributed by atoms with Gasteiger partial charge in [0, 0.05) is 18.5 Å². The van der Waals surface area contributed by atoms with Crippen LogP contribution in [0, 0.1) is 0 Å². The number of carbonyl (C=O) groups excluding carboxylic acids is 2. The summed E-state index contributed by atoms with van der Waals surface area (Å²) in [6.07, 6.45) is 0.519. The maximum Gasteiger partial charge on any atom is 0.254 e. The van der Waals surface area contributed by atoms with Crippen molar-refractivity contribution < 1.29 is 9.59 Å². The molecule has 0 saturated heterocycles. The molecule has 1 heterocycles. The van der Waals surface area contributed by atoms with Gasteiger partial charge in [-0.25, -0.2) is 0 Å². The smallest absolute Gasteiger partial charge is 0.254 e. The molecular weight excluding hydrogens is 204 g/mol. The lowest BCUT2D eigenvalue weighted by Gasteiger charge is -2.33. The van der Waals surface area contributed by atoms with Crippen LogP contribution < -0.4 is 5.73 Å². The van der Waals surface area contributed by atoms with Crippen LogP contribution in [0.5, 0.6) is 0 Å². The summed E-state index contributed by atoms with van der Waals surface area (Å²) < 4.78 is 0. The predicted octanol–water partition coefficient (Wildman–Crippen LogP) is 0.559. The number of hydrogen-bond acceptors (Lipinski definition) is 2. The Morgan fingerprint density at radius 2 is 2.19 bits per heavy atom. The van der Waals surface area contributed by atoms with E-state index in [9.17, 15) is 9.59 Å². The van der Waals surface area contributed by atoms with E-state index in [0.29, 0.717) is 18.5 Å². The summed E-state index contributed by atoms with van der Waals surface area (Å²) in [4.78, 5) is 24.9. The van der Waals surface area contributed by atoms with Gasteiger partial charge < -0.3 is 10.6 Å². The fourth-order valence-electron chi connectivity index (χ4n) is 2.14. The fraction of sp³-hybridized carbons (Fsp3) is 0.333. The average Bonchev–Trinajstić information content (AvgIpc) is 2.29. The van der Waals surface area contributed by atoms with Gasteiger partial charge in [-0.1, -0.05) is 18.2 Å². The van der Waals surface area contributed by atoms with Crippen molar-refractivity contribution in [3.05, 3.63) is 35.4 Å². The molecule has 0 saturated carbocycles. The van der Waals surface area contributed by atoms with Crippen molar-refractivity contribution in [2.24, 2.45) is 5.73 Å². The lowest BCUT2D eigenvalue weighted by molar-refractivity contribution is -0.122. The zero-order valence-corrected chi connectivity index (χ0v) is 9.14. The van der Waals surface area contributed by atoms with E-state index in [1.165, 1.54) is 4.90 Å². The van der Waals surface area contributed by atoms with Gasteiger partial charge in [0.15, 0.2) is 0 Å². The number of nitrogens with two attached hydrogens (primary N) is 1. The first-order valence-electron chi connectivity index (χ1n) is 5.33. The van der Waals surface area contributed by atoms with Crippen molar-refractivity contribution in [3.63, 3.8) is 0 Å². The molecule has 1 aliphatic heterocycles. The highest BCUT2D eigenvalue weighted by molar-refractivity contribution is 6.00. The molecule has 2 rings (SSSR count). The van der Waals surface area contributed by atoms with Gasteiger partial charge in [0.1, 0.15) is 6.04 Å². The SMILES string of the molecule is CCN1C(=O)c2ccccc2CC1C(N)=O. The first-order chi connectivity index (χ1) is 7.65. The monoisotopic (exact) mass is 218 g/mol. The van der Waals surface area contributed by atoms with E-state index in [0.717, 1.165) is 5.56 Å². The number of carbonyl (C=O) groups is 2. The molecule has 16 heavy (non-hydrogen) atoms. The normalized spacial score (nSPS) is 19.4. The number of nitrogens with zero attached hydrogens (tertiary/aromatic N) is 1. The van der Waals surface area contributed by atoms with Gasteiger partial charge in [0.25, 0.3) is 5.91 Å². The minimum absolute atomic E-state index is 0.104. The summed E-state index contributed by atoms with van der Waals surface area (Å²) in [5, 5.41) is 0. The highest BCUT2D eigenvalue weighted by Gasteiger charge is 2.33. The largest absolute Gasteiger partial charge is 0.368 e. The Hall–Kier alpha value is -1.84. The molecule has 1 aliphatic rings. The molecule has 4 heteroatoms. The zero-order chi connectivity index (χ0) is 11.7. The van der Waals surface area contributed by atoms with Crippen molar-refractivity contribution >= 4 is 11.8 Å². The first-order valence-corrected chi connectivity index (χ1v) is 5.33. The molecule has 0 radical (unpaired) electrons. The Balaban J connectivity index is 2.45. The van der Waals surface area contributed by atoms with Gasteiger partial charge in [-0.05, 0) is 18.6 Å². The number of rotatable bonds is 2. The summed E-state index contributed by atoms with van der Waals surface area (Å²) in [6, 6.07) is 6.85. The number of fused-ring (bicyclic) bond motifs is 1.